The topological polar surface area (TPSA) is 107 Å². The molecule has 2 aromatic carbocycles. The Morgan fingerprint density at radius 3 is 2.69 bits per heavy atom. The third-order valence-electron chi connectivity index (χ3n) is 3.91. The molecule has 26 heavy (non-hydrogen) atoms. The predicted molar refractivity (Wildman–Crippen MR) is 95.3 cm³/mol. The molecule has 0 aliphatic heterocycles. The molecule has 0 aliphatic rings. The van der Waals surface area contributed by atoms with Crippen molar-refractivity contribution in [3.63, 3.8) is 0 Å². The first-order chi connectivity index (χ1) is 12.5. The molecule has 8 nitrogen and oxygen atoms in total. The summed E-state index contributed by atoms with van der Waals surface area (Å²) < 4.78 is 6.60. The molecule has 0 saturated carbocycles. The average molecular weight is 355 g/mol. The molecule has 0 saturated heterocycles. The quantitative estimate of drug-likeness (QED) is 0.536. The van der Waals surface area contributed by atoms with E-state index in [1.165, 1.54) is 22.9 Å². The molecule has 1 heterocycles. The minimum Gasteiger partial charge on any atom is -0.491 e. The number of nitrogens with zero attached hydrogens (tertiary/aromatic N) is 3. The van der Waals surface area contributed by atoms with Crippen LogP contribution in [0.25, 0.3) is 10.8 Å². The zero-order valence-electron chi connectivity index (χ0n) is 14.0. The van der Waals surface area contributed by atoms with Crippen LogP contribution in [0.5, 0.6) is 5.75 Å². The molecular formula is C18H17N3O5. The van der Waals surface area contributed by atoms with E-state index >= 15 is 0 Å². The molecule has 0 aliphatic carbocycles. The molecule has 0 bridgehead atoms. The standard InChI is InChI=1S/C18H17N3O5/c1-12-16-7-2-3-8-17(16)18(23)20(19-12)10-14(22)11-26-15-6-4-5-13(9-15)21(24)25/h2-9,14,22H,10-11H2,1H3/t14-/m0/s1. The fourth-order valence-corrected chi connectivity index (χ4v) is 2.66. The summed E-state index contributed by atoms with van der Waals surface area (Å²) in [5.41, 5.74) is 0.299. The van der Waals surface area contributed by atoms with Crippen LogP contribution in [0.4, 0.5) is 5.69 Å². The van der Waals surface area contributed by atoms with Gasteiger partial charge < -0.3 is 9.84 Å². The van der Waals surface area contributed by atoms with Crippen LogP contribution in [0.3, 0.4) is 0 Å². The van der Waals surface area contributed by atoms with Crippen molar-refractivity contribution in [3.8, 4) is 5.75 Å². The van der Waals surface area contributed by atoms with E-state index in [-0.39, 0.29) is 30.1 Å². The Kier molecular flexibility index (Phi) is 4.94. The molecule has 3 aromatic rings. The number of hydrogen-bond donors (Lipinski definition) is 1. The highest BCUT2D eigenvalue weighted by Crippen LogP contribution is 2.19. The summed E-state index contributed by atoms with van der Waals surface area (Å²) in [6, 6.07) is 12.8. The van der Waals surface area contributed by atoms with Gasteiger partial charge in [-0.15, -0.1) is 0 Å². The van der Waals surface area contributed by atoms with Gasteiger partial charge in [0, 0.05) is 11.5 Å². The maximum Gasteiger partial charge on any atom is 0.274 e. The largest absolute Gasteiger partial charge is 0.491 e. The number of aromatic nitrogens is 2. The molecule has 3 rings (SSSR count). The number of nitro benzene ring substituents is 1. The second-order valence-corrected chi connectivity index (χ2v) is 5.84. The van der Waals surface area contributed by atoms with Crippen molar-refractivity contribution in [1.82, 2.24) is 9.78 Å². The molecule has 1 aromatic heterocycles. The van der Waals surface area contributed by atoms with Gasteiger partial charge >= 0.3 is 0 Å². The molecule has 0 radical (unpaired) electrons. The first kappa shape index (κ1) is 17.6. The van der Waals surface area contributed by atoms with Crippen molar-refractivity contribution in [3.05, 3.63) is 74.7 Å². The summed E-state index contributed by atoms with van der Waals surface area (Å²) >= 11 is 0. The van der Waals surface area contributed by atoms with Crippen molar-refractivity contribution >= 4 is 16.5 Å². The van der Waals surface area contributed by atoms with Crippen molar-refractivity contribution in [2.24, 2.45) is 0 Å². The van der Waals surface area contributed by atoms with Gasteiger partial charge in [0.1, 0.15) is 18.5 Å². The molecule has 0 fully saturated rings. The number of nitro groups is 1. The Balaban J connectivity index is 1.72. The van der Waals surface area contributed by atoms with Crippen molar-refractivity contribution in [1.29, 1.82) is 0 Å². The molecule has 1 atom stereocenters. The summed E-state index contributed by atoms with van der Waals surface area (Å²) in [5.74, 6) is 0.272. The first-order valence-corrected chi connectivity index (χ1v) is 7.97. The van der Waals surface area contributed by atoms with Gasteiger partial charge in [-0.3, -0.25) is 14.9 Å². The Labute approximate surface area is 148 Å². The van der Waals surface area contributed by atoms with Gasteiger partial charge in [0.05, 0.1) is 28.6 Å². The fourth-order valence-electron chi connectivity index (χ4n) is 2.66. The van der Waals surface area contributed by atoms with Crippen LogP contribution >= 0.6 is 0 Å². The highest BCUT2D eigenvalue weighted by molar-refractivity contribution is 5.83. The minimum absolute atomic E-state index is 0.0422. The summed E-state index contributed by atoms with van der Waals surface area (Å²) in [6.45, 7) is 1.63. The number of aryl methyl sites for hydroxylation is 1. The lowest BCUT2D eigenvalue weighted by Crippen LogP contribution is -2.32. The van der Waals surface area contributed by atoms with Gasteiger partial charge in [0.25, 0.3) is 11.2 Å². The molecule has 1 N–H and O–H groups in total. The molecule has 8 heteroatoms. The number of non-ortho nitro benzene ring substituents is 1. The number of aliphatic hydroxyl groups is 1. The number of ether oxygens (including phenoxy) is 1. The second kappa shape index (κ2) is 7.32. The first-order valence-electron chi connectivity index (χ1n) is 7.97. The number of fused-ring (bicyclic) bond motifs is 1. The van der Waals surface area contributed by atoms with Gasteiger partial charge in [-0.05, 0) is 19.1 Å². The van der Waals surface area contributed by atoms with Crippen LogP contribution in [0, 0.1) is 17.0 Å². The number of aliphatic hydroxyl groups excluding tert-OH is 1. The van der Waals surface area contributed by atoms with Gasteiger partial charge in [-0.1, -0.05) is 24.3 Å². The minimum atomic E-state index is -1.000. The summed E-state index contributed by atoms with van der Waals surface area (Å²) in [7, 11) is 0. The van der Waals surface area contributed by atoms with E-state index in [0.717, 1.165) is 5.39 Å². The average Bonchev–Trinajstić information content (AvgIpc) is 2.64. The Bertz CT molecular complexity index is 1020. The molecule has 0 unspecified atom stereocenters. The predicted octanol–water partition coefficient (Wildman–Crippen LogP) is 2.05. The van der Waals surface area contributed by atoms with E-state index < -0.39 is 11.0 Å². The summed E-state index contributed by atoms with van der Waals surface area (Å²) in [4.78, 5) is 22.7. The number of rotatable bonds is 6. The van der Waals surface area contributed by atoms with E-state index in [1.807, 2.05) is 12.1 Å². The lowest BCUT2D eigenvalue weighted by molar-refractivity contribution is -0.384. The van der Waals surface area contributed by atoms with E-state index in [9.17, 15) is 20.0 Å². The van der Waals surface area contributed by atoms with E-state index in [1.54, 1.807) is 25.1 Å². The molecular weight excluding hydrogens is 338 g/mol. The number of benzene rings is 2. The van der Waals surface area contributed by atoms with E-state index in [0.29, 0.717) is 11.1 Å². The van der Waals surface area contributed by atoms with Crippen LogP contribution in [0.2, 0.25) is 0 Å². The molecule has 134 valence electrons. The van der Waals surface area contributed by atoms with Gasteiger partial charge in [0.2, 0.25) is 0 Å². The lowest BCUT2D eigenvalue weighted by Gasteiger charge is -2.14. The van der Waals surface area contributed by atoms with Crippen LogP contribution in [-0.2, 0) is 6.54 Å². The SMILES string of the molecule is Cc1nn(C[C@H](O)COc2cccc([N+](=O)[O-])c2)c(=O)c2ccccc12. The monoisotopic (exact) mass is 355 g/mol. The van der Waals surface area contributed by atoms with E-state index in [4.69, 9.17) is 4.74 Å². The maximum absolute atomic E-state index is 12.5. The summed E-state index contributed by atoms with van der Waals surface area (Å²) in [5, 5.41) is 26.5. The van der Waals surface area contributed by atoms with Gasteiger partial charge in [-0.2, -0.15) is 5.10 Å². The Morgan fingerprint density at radius 2 is 1.96 bits per heavy atom. The van der Waals surface area contributed by atoms with Gasteiger partial charge in [-0.25, -0.2) is 4.68 Å². The summed E-state index contributed by atoms with van der Waals surface area (Å²) in [6.07, 6.45) is -1.000. The van der Waals surface area contributed by atoms with Crippen molar-refractivity contribution in [2.75, 3.05) is 6.61 Å². The normalized spacial score (nSPS) is 12.1. The molecule has 0 spiro atoms. The van der Waals surface area contributed by atoms with Crippen LogP contribution < -0.4 is 10.3 Å². The van der Waals surface area contributed by atoms with Gasteiger partial charge in [0.15, 0.2) is 0 Å². The highest BCUT2D eigenvalue weighted by atomic mass is 16.6. The third-order valence-corrected chi connectivity index (χ3v) is 3.91. The maximum atomic E-state index is 12.5. The highest BCUT2D eigenvalue weighted by Gasteiger charge is 2.13. The van der Waals surface area contributed by atoms with Crippen LogP contribution in [0.15, 0.2) is 53.3 Å². The van der Waals surface area contributed by atoms with Crippen LogP contribution in [-0.4, -0.2) is 32.5 Å². The second-order valence-electron chi connectivity index (χ2n) is 5.84. The van der Waals surface area contributed by atoms with E-state index in [2.05, 4.69) is 5.10 Å². The van der Waals surface area contributed by atoms with Crippen molar-refractivity contribution < 1.29 is 14.8 Å². The Hall–Kier alpha value is -3.26. The lowest BCUT2D eigenvalue weighted by atomic mass is 10.1. The fraction of sp³-hybridized carbons (Fsp3) is 0.222. The van der Waals surface area contributed by atoms with Crippen molar-refractivity contribution in [2.45, 2.75) is 19.6 Å². The smallest absolute Gasteiger partial charge is 0.274 e. The Morgan fingerprint density at radius 1 is 1.23 bits per heavy atom. The van der Waals surface area contributed by atoms with Crippen LogP contribution in [0.1, 0.15) is 5.69 Å². The third kappa shape index (κ3) is 3.70. The zero-order chi connectivity index (χ0) is 18.7. The zero-order valence-corrected chi connectivity index (χ0v) is 14.0. The molecule has 0 amide bonds. The number of hydrogen-bond acceptors (Lipinski definition) is 6.